The van der Waals surface area contributed by atoms with Crippen molar-refractivity contribution in [3.8, 4) is 0 Å². The predicted octanol–water partition coefficient (Wildman–Crippen LogP) is 0.393. The van der Waals surface area contributed by atoms with E-state index in [0.29, 0.717) is 0 Å². The SMILES string of the molecule is CC(C)(CC(=O)O)OS(=O)O. The van der Waals surface area contributed by atoms with Crippen molar-refractivity contribution in [2.45, 2.75) is 25.9 Å². The zero-order valence-electron chi connectivity index (χ0n) is 6.23. The molecule has 0 aliphatic heterocycles. The Bertz CT molecular complexity index is 158. The summed E-state index contributed by atoms with van der Waals surface area (Å²) in [6, 6.07) is 0. The molecule has 5 nitrogen and oxygen atoms in total. The normalized spacial score (nSPS) is 14.5. The lowest BCUT2D eigenvalue weighted by molar-refractivity contribution is -0.140. The summed E-state index contributed by atoms with van der Waals surface area (Å²) in [4.78, 5) is 10.1. The van der Waals surface area contributed by atoms with E-state index >= 15 is 0 Å². The van der Waals surface area contributed by atoms with Gasteiger partial charge in [0.2, 0.25) is 0 Å². The van der Waals surface area contributed by atoms with Crippen LogP contribution in [0.15, 0.2) is 0 Å². The van der Waals surface area contributed by atoms with Crippen molar-refractivity contribution >= 4 is 17.3 Å². The topological polar surface area (TPSA) is 83.8 Å². The first kappa shape index (κ1) is 10.5. The van der Waals surface area contributed by atoms with Crippen LogP contribution in [0.25, 0.3) is 0 Å². The van der Waals surface area contributed by atoms with Gasteiger partial charge in [0.1, 0.15) is 0 Å². The minimum atomic E-state index is -2.41. The number of carboxylic acid groups (broad SMARTS) is 1. The van der Waals surface area contributed by atoms with E-state index < -0.39 is 22.9 Å². The summed E-state index contributed by atoms with van der Waals surface area (Å²) in [7, 11) is 0. The van der Waals surface area contributed by atoms with Crippen LogP contribution in [0.4, 0.5) is 0 Å². The Balaban J connectivity index is 3.99. The van der Waals surface area contributed by atoms with Crippen molar-refractivity contribution in [1.29, 1.82) is 0 Å². The van der Waals surface area contributed by atoms with Crippen LogP contribution in [0.5, 0.6) is 0 Å². The van der Waals surface area contributed by atoms with Crippen molar-refractivity contribution in [2.24, 2.45) is 0 Å². The highest BCUT2D eigenvalue weighted by molar-refractivity contribution is 7.74. The number of carboxylic acids is 1. The molecule has 1 unspecified atom stereocenters. The molecule has 0 aromatic carbocycles. The third-order valence-corrected chi connectivity index (χ3v) is 1.47. The minimum Gasteiger partial charge on any atom is -0.481 e. The lowest BCUT2D eigenvalue weighted by Gasteiger charge is -2.18. The second-order valence-corrected chi connectivity index (χ2v) is 3.23. The maximum atomic E-state index is 10.1. The van der Waals surface area contributed by atoms with Crippen LogP contribution >= 0.6 is 0 Å². The quantitative estimate of drug-likeness (QED) is 0.614. The van der Waals surface area contributed by atoms with Gasteiger partial charge in [-0.15, -0.1) is 0 Å². The van der Waals surface area contributed by atoms with Crippen molar-refractivity contribution in [3.63, 3.8) is 0 Å². The van der Waals surface area contributed by atoms with Crippen LogP contribution in [-0.2, 0) is 20.3 Å². The third kappa shape index (κ3) is 5.96. The fourth-order valence-corrected chi connectivity index (χ4v) is 1.03. The first-order chi connectivity index (χ1) is 4.83. The van der Waals surface area contributed by atoms with Crippen molar-refractivity contribution in [3.05, 3.63) is 0 Å². The van der Waals surface area contributed by atoms with Gasteiger partial charge in [0.25, 0.3) is 0 Å². The maximum absolute atomic E-state index is 10.1. The summed E-state index contributed by atoms with van der Waals surface area (Å²) in [6.45, 7) is 2.85. The molecule has 0 bridgehead atoms. The smallest absolute Gasteiger partial charge is 0.306 e. The van der Waals surface area contributed by atoms with Crippen LogP contribution in [0.3, 0.4) is 0 Å². The predicted molar refractivity (Wildman–Crippen MR) is 38.2 cm³/mol. The Morgan fingerprint density at radius 2 is 2.09 bits per heavy atom. The molecule has 0 amide bonds. The van der Waals surface area contributed by atoms with Crippen LogP contribution in [0.1, 0.15) is 20.3 Å². The van der Waals surface area contributed by atoms with E-state index in [0.717, 1.165) is 0 Å². The highest BCUT2D eigenvalue weighted by Crippen LogP contribution is 2.14. The van der Waals surface area contributed by atoms with E-state index in [1.165, 1.54) is 13.8 Å². The molecule has 0 fully saturated rings. The molecule has 0 radical (unpaired) electrons. The molecule has 0 heterocycles. The lowest BCUT2D eigenvalue weighted by atomic mass is 10.1. The fourth-order valence-electron chi connectivity index (χ4n) is 0.587. The summed E-state index contributed by atoms with van der Waals surface area (Å²) in [5.74, 6) is -1.07. The standard InChI is InChI=1S/C5H10O5S/c1-5(2,3-4(6)7)10-11(8)9/h3H2,1-2H3,(H,6,7)(H,8,9). The molecule has 0 aliphatic rings. The van der Waals surface area contributed by atoms with E-state index in [-0.39, 0.29) is 6.42 Å². The molecule has 11 heavy (non-hydrogen) atoms. The van der Waals surface area contributed by atoms with Crippen molar-refractivity contribution < 1.29 is 22.8 Å². The first-order valence-electron chi connectivity index (χ1n) is 2.85. The zero-order chi connectivity index (χ0) is 9.07. The van der Waals surface area contributed by atoms with Gasteiger partial charge in [-0.3, -0.25) is 13.5 Å². The summed E-state index contributed by atoms with van der Waals surface area (Å²) in [6.07, 6.45) is -0.306. The number of hydrogen-bond donors (Lipinski definition) is 2. The summed E-state index contributed by atoms with van der Waals surface area (Å²) < 4.78 is 22.7. The zero-order valence-corrected chi connectivity index (χ0v) is 7.05. The van der Waals surface area contributed by atoms with E-state index in [1.54, 1.807) is 0 Å². The van der Waals surface area contributed by atoms with Crippen LogP contribution in [0, 0.1) is 0 Å². The van der Waals surface area contributed by atoms with E-state index in [1.807, 2.05) is 0 Å². The molecule has 0 saturated carbocycles. The Morgan fingerprint density at radius 3 is 2.36 bits per heavy atom. The van der Waals surface area contributed by atoms with Crippen LogP contribution < -0.4 is 0 Å². The Labute approximate surface area is 66.9 Å². The Hall–Kier alpha value is -0.460. The number of rotatable bonds is 4. The molecule has 1 atom stereocenters. The molecule has 0 aromatic rings. The summed E-state index contributed by atoms with van der Waals surface area (Å²) >= 11 is -2.41. The van der Waals surface area contributed by atoms with Gasteiger partial charge in [-0.1, -0.05) is 0 Å². The number of aliphatic carboxylic acids is 1. The maximum Gasteiger partial charge on any atom is 0.306 e. The van der Waals surface area contributed by atoms with E-state index in [9.17, 15) is 9.00 Å². The third-order valence-electron chi connectivity index (χ3n) is 0.874. The van der Waals surface area contributed by atoms with E-state index in [4.69, 9.17) is 9.66 Å². The highest BCUT2D eigenvalue weighted by atomic mass is 32.2. The van der Waals surface area contributed by atoms with Gasteiger partial charge in [0, 0.05) is 0 Å². The Morgan fingerprint density at radius 1 is 1.64 bits per heavy atom. The summed E-state index contributed by atoms with van der Waals surface area (Å²) in [5.41, 5.74) is -1.11. The van der Waals surface area contributed by atoms with Crippen molar-refractivity contribution in [1.82, 2.24) is 0 Å². The average Bonchev–Trinajstić information content (AvgIpc) is 1.53. The molecule has 0 aromatic heterocycles. The average molecular weight is 182 g/mol. The van der Waals surface area contributed by atoms with Gasteiger partial charge in [-0.05, 0) is 13.8 Å². The number of carbonyl (C=O) groups is 1. The molecular formula is C5H10O5S. The first-order valence-corrected chi connectivity index (χ1v) is 3.89. The van der Waals surface area contributed by atoms with Gasteiger partial charge in [-0.25, -0.2) is 0 Å². The van der Waals surface area contributed by atoms with Crippen LogP contribution in [-0.4, -0.2) is 25.4 Å². The van der Waals surface area contributed by atoms with Gasteiger partial charge in [-0.2, -0.15) is 4.21 Å². The van der Waals surface area contributed by atoms with Gasteiger partial charge >= 0.3 is 17.3 Å². The molecule has 66 valence electrons. The minimum absolute atomic E-state index is 0.306. The molecular weight excluding hydrogens is 172 g/mol. The van der Waals surface area contributed by atoms with E-state index in [2.05, 4.69) is 4.18 Å². The molecule has 0 rings (SSSR count). The lowest BCUT2D eigenvalue weighted by Crippen LogP contribution is -2.28. The van der Waals surface area contributed by atoms with Gasteiger partial charge < -0.3 is 5.11 Å². The van der Waals surface area contributed by atoms with Gasteiger partial charge in [0.15, 0.2) is 0 Å². The number of hydrogen-bond acceptors (Lipinski definition) is 3. The van der Waals surface area contributed by atoms with Gasteiger partial charge in [0.05, 0.1) is 12.0 Å². The summed E-state index contributed by atoms with van der Waals surface area (Å²) in [5, 5.41) is 8.30. The Kier molecular flexibility index (Phi) is 3.64. The van der Waals surface area contributed by atoms with Crippen molar-refractivity contribution in [2.75, 3.05) is 0 Å². The molecule has 6 heteroatoms. The fraction of sp³-hybridized carbons (Fsp3) is 0.800. The molecule has 0 saturated heterocycles. The molecule has 2 N–H and O–H groups in total. The second-order valence-electron chi connectivity index (χ2n) is 2.63. The largest absolute Gasteiger partial charge is 0.481 e. The highest BCUT2D eigenvalue weighted by Gasteiger charge is 2.24. The second kappa shape index (κ2) is 3.80. The molecule has 0 spiro atoms. The monoisotopic (exact) mass is 182 g/mol. The molecule has 0 aliphatic carbocycles. The van der Waals surface area contributed by atoms with Crippen LogP contribution in [0.2, 0.25) is 0 Å².